The molecule has 11 nitrogen and oxygen atoms in total. The number of nitrogens with zero attached hydrogens (tertiary/aromatic N) is 1. The summed E-state index contributed by atoms with van der Waals surface area (Å²) in [5.74, 6) is -6.25. The van der Waals surface area contributed by atoms with Crippen molar-refractivity contribution in [3.05, 3.63) is 39.7 Å². The van der Waals surface area contributed by atoms with Crippen LogP contribution in [0.5, 0.6) is 11.5 Å². The summed E-state index contributed by atoms with van der Waals surface area (Å²) in [5.41, 5.74) is 2.95. The summed E-state index contributed by atoms with van der Waals surface area (Å²) in [6.07, 6.45) is 5.91. The van der Waals surface area contributed by atoms with Crippen molar-refractivity contribution < 1.29 is 39.5 Å². The summed E-state index contributed by atoms with van der Waals surface area (Å²) < 4.78 is 5.77. The predicted molar refractivity (Wildman–Crippen MR) is 145 cm³/mol. The number of benzene rings is 1. The quantitative estimate of drug-likeness (QED) is 0.281. The second-order valence-electron chi connectivity index (χ2n) is 11.6. The molecule has 0 aliphatic heterocycles. The summed E-state index contributed by atoms with van der Waals surface area (Å²) in [7, 11) is 4.65. The number of primary amides is 1. The number of fused-ring (bicyclic) bond motifs is 3. The van der Waals surface area contributed by atoms with Gasteiger partial charge in [-0.05, 0) is 51.8 Å². The van der Waals surface area contributed by atoms with Crippen LogP contribution in [0.2, 0.25) is 0 Å². The first-order chi connectivity index (χ1) is 18.9. The summed E-state index contributed by atoms with van der Waals surface area (Å²) in [5, 5.41) is 48.6. The molecule has 0 bridgehead atoms. The second kappa shape index (κ2) is 10.2. The van der Waals surface area contributed by atoms with Gasteiger partial charge >= 0.3 is 0 Å². The molecule has 2 saturated carbocycles. The smallest absolute Gasteiger partial charge is 0.255 e. The highest BCUT2D eigenvalue weighted by Crippen LogP contribution is 2.54. The number of methoxy groups -OCH3 is 1. The van der Waals surface area contributed by atoms with E-state index in [-0.39, 0.29) is 29.7 Å². The lowest BCUT2D eigenvalue weighted by atomic mass is 9.57. The number of ketones is 2. The van der Waals surface area contributed by atoms with Gasteiger partial charge in [0.1, 0.15) is 28.6 Å². The molecule has 0 saturated heterocycles. The van der Waals surface area contributed by atoms with Crippen LogP contribution in [0.3, 0.4) is 0 Å². The Morgan fingerprint density at radius 2 is 1.85 bits per heavy atom. The zero-order valence-electron chi connectivity index (χ0n) is 23.0. The van der Waals surface area contributed by atoms with Crippen molar-refractivity contribution in [2.45, 2.75) is 69.2 Å². The normalized spacial score (nSPS) is 28.9. The predicted octanol–water partition coefficient (Wildman–Crippen LogP) is 1.39. The maximum Gasteiger partial charge on any atom is 0.255 e. The highest BCUT2D eigenvalue weighted by molar-refractivity contribution is 6.24. The number of aromatic hydroxyl groups is 1. The van der Waals surface area contributed by atoms with Crippen molar-refractivity contribution in [3.63, 3.8) is 0 Å². The Morgan fingerprint density at radius 1 is 1.18 bits per heavy atom. The first-order valence-electron chi connectivity index (χ1n) is 13.7. The standard InChI is InChI=1S/C29H37N3O8/c1-32(2)22-17-10-13-9-16-20(18(33)11-14(25(16)40-3)12-31-15-7-5-4-6-8-15)23(34)19(13)26(36)29(17,39)27(37)21(24(22)35)28(30)38/h11,13,15,17,22,31,33-34,37,39H,4-10,12H2,1-3H3,(H2,30,38)/t13-,17-,22-,29-/m0/s1. The minimum Gasteiger partial charge on any atom is -0.508 e. The lowest BCUT2D eigenvalue weighted by molar-refractivity contribution is -0.153. The minimum atomic E-state index is -2.66. The SMILES string of the molecule is COc1c(CNC2CCCCC2)cc(O)c2c1C[C@H]1C[C@H]3[C@H](N(C)C)C(=O)C(C(N)=O)=C(O)[C@@]3(O)C(=O)C1=C2O. The average molecular weight is 556 g/mol. The number of ether oxygens (including phenoxy) is 1. The van der Waals surface area contributed by atoms with Gasteiger partial charge in [0, 0.05) is 35.2 Å². The number of hydrogen-bond donors (Lipinski definition) is 6. The van der Waals surface area contributed by atoms with E-state index in [9.17, 15) is 34.8 Å². The molecule has 40 heavy (non-hydrogen) atoms. The molecule has 4 atom stereocenters. The van der Waals surface area contributed by atoms with Crippen LogP contribution >= 0.6 is 0 Å². The number of likely N-dealkylation sites (N-methyl/N-ethyl adjacent to an activating group) is 1. The molecule has 4 aliphatic rings. The number of carbonyl (C=O) groups excluding carboxylic acids is 3. The van der Waals surface area contributed by atoms with Crippen molar-refractivity contribution in [2.24, 2.45) is 17.6 Å². The van der Waals surface area contributed by atoms with Gasteiger partial charge in [-0.3, -0.25) is 19.3 Å². The molecule has 0 spiro atoms. The van der Waals surface area contributed by atoms with E-state index in [0.29, 0.717) is 29.5 Å². The fraction of sp³-hybridized carbons (Fsp3) is 0.552. The highest BCUT2D eigenvalue weighted by atomic mass is 16.5. The monoisotopic (exact) mass is 555 g/mol. The third kappa shape index (κ3) is 4.10. The van der Waals surface area contributed by atoms with E-state index < -0.39 is 58.0 Å². The van der Waals surface area contributed by atoms with Gasteiger partial charge in [-0.1, -0.05) is 19.3 Å². The molecular formula is C29H37N3O8. The maximum absolute atomic E-state index is 13.9. The van der Waals surface area contributed by atoms with Crippen LogP contribution in [0.15, 0.2) is 23.0 Å². The van der Waals surface area contributed by atoms with Crippen LogP contribution in [-0.2, 0) is 27.3 Å². The first-order valence-corrected chi connectivity index (χ1v) is 13.7. The number of Topliss-reactive ketones (excluding diaryl/α,β-unsaturated/α-hetero) is 2. The first kappa shape index (κ1) is 28.1. The lowest BCUT2D eigenvalue weighted by Crippen LogP contribution is -2.65. The fourth-order valence-corrected chi connectivity index (χ4v) is 7.30. The van der Waals surface area contributed by atoms with Crippen molar-refractivity contribution in [1.29, 1.82) is 0 Å². The number of phenolic OH excluding ortho intramolecular Hbond substituents is 1. The zero-order chi connectivity index (χ0) is 29.1. The van der Waals surface area contributed by atoms with Gasteiger partial charge in [0.15, 0.2) is 11.4 Å². The molecule has 0 heterocycles. The van der Waals surface area contributed by atoms with E-state index >= 15 is 0 Å². The van der Waals surface area contributed by atoms with Crippen LogP contribution in [0.4, 0.5) is 0 Å². The topological polar surface area (TPSA) is 183 Å². The zero-order valence-corrected chi connectivity index (χ0v) is 23.0. The molecule has 1 aromatic carbocycles. The molecule has 7 N–H and O–H groups in total. The Hall–Kier alpha value is -3.41. The van der Waals surface area contributed by atoms with Crippen molar-refractivity contribution in [1.82, 2.24) is 10.2 Å². The van der Waals surface area contributed by atoms with Gasteiger partial charge in [0.25, 0.3) is 5.91 Å². The van der Waals surface area contributed by atoms with E-state index in [4.69, 9.17) is 10.5 Å². The number of aliphatic hydroxyl groups is 3. The van der Waals surface area contributed by atoms with Gasteiger partial charge in [0.2, 0.25) is 5.78 Å². The Bertz CT molecular complexity index is 1340. The Balaban J connectivity index is 1.61. The Labute approximate surface area is 232 Å². The van der Waals surface area contributed by atoms with Gasteiger partial charge in [0.05, 0.1) is 18.7 Å². The van der Waals surface area contributed by atoms with Gasteiger partial charge in [-0.25, -0.2) is 0 Å². The molecular weight excluding hydrogens is 518 g/mol. The van der Waals surface area contributed by atoms with Gasteiger partial charge in [-0.2, -0.15) is 0 Å². The molecule has 4 aliphatic carbocycles. The van der Waals surface area contributed by atoms with Crippen molar-refractivity contribution in [2.75, 3.05) is 21.2 Å². The lowest BCUT2D eigenvalue weighted by Gasteiger charge is -2.50. The van der Waals surface area contributed by atoms with Crippen LogP contribution in [-0.4, -0.2) is 81.7 Å². The van der Waals surface area contributed by atoms with Crippen LogP contribution in [0, 0.1) is 11.8 Å². The summed E-state index contributed by atoms with van der Waals surface area (Å²) >= 11 is 0. The van der Waals surface area contributed by atoms with E-state index in [2.05, 4.69) is 5.32 Å². The number of carbonyl (C=O) groups is 3. The molecule has 0 unspecified atom stereocenters. The number of hydrogen-bond acceptors (Lipinski definition) is 10. The molecule has 2 fully saturated rings. The largest absolute Gasteiger partial charge is 0.508 e. The number of aliphatic hydroxyl groups excluding tert-OH is 2. The van der Waals surface area contributed by atoms with Crippen LogP contribution in [0.1, 0.15) is 55.2 Å². The minimum absolute atomic E-state index is 0.0227. The Kier molecular flexibility index (Phi) is 7.18. The summed E-state index contributed by atoms with van der Waals surface area (Å²) in [4.78, 5) is 40.8. The average Bonchev–Trinajstić information content (AvgIpc) is 2.89. The number of nitrogens with two attached hydrogens (primary N) is 1. The molecule has 0 aromatic heterocycles. The van der Waals surface area contributed by atoms with E-state index in [0.717, 1.165) is 25.7 Å². The summed E-state index contributed by atoms with van der Waals surface area (Å²) in [6, 6.07) is 0.737. The van der Waals surface area contributed by atoms with E-state index in [1.807, 2.05) is 0 Å². The number of phenols is 1. The molecule has 216 valence electrons. The van der Waals surface area contributed by atoms with E-state index in [1.54, 1.807) is 14.1 Å². The van der Waals surface area contributed by atoms with Crippen LogP contribution < -0.4 is 15.8 Å². The summed E-state index contributed by atoms with van der Waals surface area (Å²) in [6.45, 7) is 0.448. The van der Waals surface area contributed by atoms with Crippen molar-refractivity contribution in [3.8, 4) is 11.5 Å². The Morgan fingerprint density at radius 3 is 2.45 bits per heavy atom. The number of amides is 1. The van der Waals surface area contributed by atoms with Gasteiger partial charge < -0.3 is 36.2 Å². The molecule has 1 amide bonds. The number of rotatable bonds is 6. The molecule has 11 heteroatoms. The van der Waals surface area contributed by atoms with Crippen LogP contribution in [0.25, 0.3) is 5.76 Å². The van der Waals surface area contributed by atoms with Gasteiger partial charge in [-0.15, -0.1) is 0 Å². The molecule has 0 radical (unpaired) electrons. The molecule has 5 rings (SSSR count). The fourth-order valence-electron chi connectivity index (χ4n) is 7.30. The third-order valence-electron chi connectivity index (χ3n) is 9.14. The molecule has 1 aromatic rings. The van der Waals surface area contributed by atoms with Crippen molar-refractivity contribution >= 4 is 23.2 Å². The third-order valence-corrected chi connectivity index (χ3v) is 9.14. The number of nitrogens with one attached hydrogen (secondary N) is 1. The maximum atomic E-state index is 13.9. The second-order valence-corrected chi connectivity index (χ2v) is 11.6. The highest BCUT2D eigenvalue weighted by Gasteiger charge is 2.64. The van der Waals surface area contributed by atoms with E-state index in [1.165, 1.54) is 24.5 Å².